The molecule has 2 unspecified atom stereocenters. The largest absolute Gasteiger partial charge is 0.356 e. The Kier molecular flexibility index (Phi) is 9.23. The summed E-state index contributed by atoms with van der Waals surface area (Å²) in [6.07, 6.45) is 5.07. The molecule has 2 heterocycles. The highest BCUT2D eigenvalue weighted by molar-refractivity contribution is 14.0. The zero-order valence-corrected chi connectivity index (χ0v) is 16.9. The van der Waals surface area contributed by atoms with Crippen LogP contribution in [0.25, 0.3) is 0 Å². The number of thioether (sulfide) groups is 1. The first-order valence-electron chi connectivity index (χ1n) is 7.77. The van der Waals surface area contributed by atoms with Gasteiger partial charge in [0.2, 0.25) is 0 Å². The number of guanidine groups is 1. The molecule has 1 aromatic rings. The Morgan fingerprint density at radius 3 is 3.00 bits per heavy atom. The number of aliphatic imine (C=N–C) groups is 1. The van der Waals surface area contributed by atoms with Crippen molar-refractivity contribution < 1.29 is 0 Å². The number of halogens is 1. The van der Waals surface area contributed by atoms with E-state index < -0.39 is 0 Å². The van der Waals surface area contributed by atoms with E-state index in [-0.39, 0.29) is 24.0 Å². The van der Waals surface area contributed by atoms with Crippen molar-refractivity contribution in [2.24, 2.45) is 10.9 Å². The third-order valence-electron chi connectivity index (χ3n) is 3.77. The fourth-order valence-corrected chi connectivity index (χ4v) is 3.73. The summed E-state index contributed by atoms with van der Waals surface area (Å²) in [4.78, 5) is 6.84. The van der Waals surface area contributed by atoms with Crippen molar-refractivity contribution in [2.75, 3.05) is 32.4 Å². The third kappa shape index (κ3) is 5.98. The van der Waals surface area contributed by atoms with Gasteiger partial charge in [0.15, 0.2) is 5.96 Å². The van der Waals surface area contributed by atoms with Crippen molar-refractivity contribution >= 4 is 41.7 Å². The van der Waals surface area contributed by atoms with E-state index in [0.717, 1.165) is 37.4 Å². The molecule has 0 saturated carbocycles. The highest BCUT2D eigenvalue weighted by atomic mass is 127. The standard InChI is InChI=1S/C15H27N5S.HI/c1-4-14-12-19(8-9-21-14)15(16-3)17-10-13(2)11-20-7-5-6-18-20;/h5-7,13-14H,4,8-12H2,1-3H3,(H,16,17);1H. The first-order valence-corrected chi connectivity index (χ1v) is 8.82. The molecular weight excluding hydrogens is 409 g/mol. The van der Waals surface area contributed by atoms with Crippen LogP contribution in [-0.2, 0) is 6.54 Å². The van der Waals surface area contributed by atoms with Crippen LogP contribution < -0.4 is 5.32 Å². The van der Waals surface area contributed by atoms with E-state index in [1.807, 2.05) is 30.2 Å². The molecule has 1 aliphatic heterocycles. The molecule has 1 aromatic heterocycles. The van der Waals surface area contributed by atoms with E-state index in [0.29, 0.717) is 5.92 Å². The summed E-state index contributed by atoms with van der Waals surface area (Å²) in [6, 6.07) is 1.97. The zero-order valence-electron chi connectivity index (χ0n) is 13.7. The Morgan fingerprint density at radius 2 is 2.36 bits per heavy atom. The van der Waals surface area contributed by atoms with Crippen molar-refractivity contribution in [2.45, 2.75) is 32.1 Å². The van der Waals surface area contributed by atoms with Gasteiger partial charge in [0.05, 0.1) is 0 Å². The van der Waals surface area contributed by atoms with E-state index >= 15 is 0 Å². The molecule has 22 heavy (non-hydrogen) atoms. The second kappa shape index (κ2) is 10.4. The van der Waals surface area contributed by atoms with Crippen LogP contribution in [-0.4, -0.2) is 58.3 Å². The van der Waals surface area contributed by atoms with E-state index in [2.05, 4.69) is 45.9 Å². The summed E-state index contributed by atoms with van der Waals surface area (Å²) in [5.41, 5.74) is 0. The van der Waals surface area contributed by atoms with Gasteiger partial charge in [0, 0.05) is 56.6 Å². The predicted molar refractivity (Wildman–Crippen MR) is 106 cm³/mol. The molecule has 126 valence electrons. The maximum atomic E-state index is 4.45. The monoisotopic (exact) mass is 437 g/mol. The smallest absolute Gasteiger partial charge is 0.193 e. The van der Waals surface area contributed by atoms with Gasteiger partial charge in [-0.3, -0.25) is 9.67 Å². The molecule has 2 rings (SSSR count). The minimum Gasteiger partial charge on any atom is -0.356 e. The summed E-state index contributed by atoms with van der Waals surface area (Å²) in [7, 11) is 1.88. The lowest BCUT2D eigenvalue weighted by atomic mass is 10.2. The number of hydrogen-bond donors (Lipinski definition) is 1. The molecule has 0 amide bonds. The van der Waals surface area contributed by atoms with Crippen LogP contribution in [0.15, 0.2) is 23.5 Å². The van der Waals surface area contributed by atoms with Crippen LogP contribution in [0.3, 0.4) is 0 Å². The molecule has 1 aliphatic rings. The second-order valence-electron chi connectivity index (χ2n) is 5.61. The van der Waals surface area contributed by atoms with Gasteiger partial charge < -0.3 is 10.2 Å². The molecular formula is C15H28IN5S. The van der Waals surface area contributed by atoms with Gasteiger partial charge in [-0.25, -0.2) is 0 Å². The fourth-order valence-electron chi connectivity index (χ4n) is 2.55. The van der Waals surface area contributed by atoms with E-state index in [1.54, 1.807) is 0 Å². The highest BCUT2D eigenvalue weighted by Gasteiger charge is 2.21. The maximum absolute atomic E-state index is 4.45. The van der Waals surface area contributed by atoms with Gasteiger partial charge in [-0.15, -0.1) is 24.0 Å². The lowest BCUT2D eigenvalue weighted by Crippen LogP contribution is -2.48. The lowest BCUT2D eigenvalue weighted by Gasteiger charge is -2.34. The summed E-state index contributed by atoms with van der Waals surface area (Å²) in [5.74, 6) is 2.76. The average molecular weight is 437 g/mol. The van der Waals surface area contributed by atoms with Crippen molar-refractivity contribution in [1.82, 2.24) is 20.0 Å². The van der Waals surface area contributed by atoms with E-state index in [1.165, 1.54) is 12.2 Å². The highest BCUT2D eigenvalue weighted by Crippen LogP contribution is 2.21. The fraction of sp³-hybridized carbons (Fsp3) is 0.733. The van der Waals surface area contributed by atoms with Gasteiger partial charge in [0.1, 0.15) is 0 Å². The van der Waals surface area contributed by atoms with Gasteiger partial charge in [-0.1, -0.05) is 13.8 Å². The Labute approximate surface area is 155 Å². The minimum atomic E-state index is 0. The molecule has 2 atom stereocenters. The van der Waals surface area contributed by atoms with Gasteiger partial charge >= 0.3 is 0 Å². The molecule has 1 saturated heterocycles. The first-order chi connectivity index (χ1) is 10.2. The molecule has 1 N–H and O–H groups in total. The number of rotatable bonds is 5. The number of hydrogen-bond acceptors (Lipinski definition) is 3. The zero-order chi connectivity index (χ0) is 15.1. The Bertz CT molecular complexity index is 437. The van der Waals surface area contributed by atoms with Gasteiger partial charge in [-0.2, -0.15) is 16.9 Å². The summed E-state index contributed by atoms with van der Waals surface area (Å²) in [6.45, 7) is 8.56. The molecule has 7 heteroatoms. The SMILES string of the molecule is CCC1CN(C(=NC)NCC(C)Cn2cccn2)CCS1.I. The lowest BCUT2D eigenvalue weighted by molar-refractivity contribution is 0.392. The predicted octanol–water partition coefficient (Wildman–Crippen LogP) is 2.54. The third-order valence-corrected chi connectivity index (χ3v) is 5.14. The summed E-state index contributed by atoms with van der Waals surface area (Å²) >= 11 is 2.09. The number of nitrogens with one attached hydrogen (secondary N) is 1. The van der Waals surface area contributed by atoms with Crippen LogP contribution in [0.5, 0.6) is 0 Å². The van der Waals surface area contributed by atoms with Crippen LogP contribution in [0.2, 0.25) is 0 Å². The summed E-state index contributed by atoms with van der Waals surface area (Å²) < 4.78 is 1.99. The second-order valence-corrected chi connectivity index (χ2v) is 7.02. The first kappa shape index (κ1) is 19.6. The van der Waals surface area contributed by atoms with Gasteiger partial charge in [0.25, 0.3) is 0 Å². The Morgan fingerprint density at radius 1 is 1.55 bits per heavy atom. The van der Waals surface area contributed by atoms with Crippen molar-refractivity contribution in [1.29, 1.82) is 0 Å². The van der Waals surface area contributed by atoms with Crippen molar-refractivity contribution in [3.63, 3.8) is 0 Å². The Hall–Kier alpha value is -0.440. The molecule has 5 nitrogen and oxygen atoms in total. The van der Waals surface area contributed by atoms with Crippen LogP contribution in [0.4, 0.5) is 0 Å². The summed E-state index contributed by atoms with van der Waals surface area (Å²) in [5, 5.41) is 8.52. The number of nitrogens with zero attached hydrogens (tertiary/aromatic N) is 4. The molecule has 0 spiro atoms. The minimum absolute atomic E-state index is 0. The topological polar surface area (TPSA) is 45.5 Å². The maximum Gasteiger partial charge on any atom is 0.193 e. The Balaban J connectivity index is 0.00000242. The number of aromatic nitrogens is 2. The van der Waals surface area contributed by atoms with Crippen LogP contribution >= 0.6 is 35.7 Å². The average Bonchev–Trinajstić information content (AvgIpc) is 3.01. The van der Waals surface area contributed by atoms with E-state index in [9.17, 15) is 0 Å². The molecule has 0 radical (unpaired) electrons. The van der Waals surface area contributed by atoms with Gasteiger partial charge in [-0.05, 0) is 18.4 Å². The normalized spacial score (nSPS) is 20.4. The van der Waals surface area contributed by atoms with Crippen LogP contribution in [0, 0.1) is 5.92 Å². The molecule has 0 bridgehead atoms. The molecule has 0 aliphatic carbocycles. The van der Waals surface area contributed by atoms with Crippen molar-refractivity contribution in [3.05, 3.63) is 18.5 Å². The van der Waals surface area contributed by atoms with Crippen molar-refractivity contribution in [3.8, 4) is 0 Å². The molecule has 1 fully saturated rings. The van der Waals surface area contributed by atoms with E-state index in [4.69, 9.17) is 0 Å². The quantitative estimate of drug-likeness (QED) is 0.437. The van der Waals surface area contributed by atoms with Crippen LogP contribution in [0.1, 0.15) is 20.3 Å². The molecule has 0 aromatic carbocycles.